The molecule has 92 valence electrons. The summed E-state index contributed by atoms with van der Waals surface area (Å²) in [6, 6.07) is 5.69. The Morgan fingerprint density at radius 3 is 2.88 bits per heavy atom. The lowest BCUT2D eigenvalue weighted by Crippen LogP contribution is -2.36. The second kappa shape index (κ2) is 4.28. The van der Waals surface area contributed by atoms with E-state index in [1.165, 1.54) is 0 Å². The van der Waals surface area contributed by atoms with E-state index in [4.69, 9.17) is 4.74 Å². The summed E-state index contributed by atoms with van der Waals surface area (Å²) in [7, 11) is 1.60. The van der Waals surface area contributed by atoms with Crippen LogP contribution in [0.5, 0.6) is 5.75 Å². The molecule has 1 unspecified atom stereocenters. The average molecular weight is 234 g/mol. The van der Waals surface area contributed by atoms with Crippen molar-refractivity contribution >= 4 is 17.3 Å². The monoisotopic (exact) mass is 234 g/mol. The van der Waals surface area contributed by atoms with E-state index in [0.717, 1.165) is 17.8 Å². The Morgan fingerprint density at radius 2 is 2.24 bits per heavy atom. The third kappa shape index (κ3) is 1.95. The number of para-hydroxylation sites is 1. The molecule has 1 aliphatic rings. The molecule has 0 aromatic heterocycles. The molecule has 0 saturated carbocycles. The molecular weight excluding hydrogens is 216 g/mol. The van der Waals surface area contributed by atoms with Crippen molar-refractivity contribution in [2.45, 2.75) is 20.3 Å². The number of anilines is 2. The first kappa shape index (κ1) is 11.8. The third-order valence-electron chi connectivity index (χ3n) is 3.48. The highest BCUT2D eigenvalue weighted by Crippen LogP contribution is 2.37. The average Bonchev–Trinajstić information content (AvgIpc) is 2.48. The zero-order chi connectivity index (χ0) is 12.5. The summed E-state index contributed by atoms with van der Waals surface area (Å²) in [5, 5.41) is 6.27. The number of hydrogen-bond acceptors (Lipinski definition) is 3. The van der Waals surface area contributed by atoms with E-state index < -0.39 is 0 Å². The van der Waals surface area contributed by atoms with Crippen LogP contribution < -0.4 is 15.4 Å². The van der Waals surface area contributed by atoms with Crippen molar-refractivity contribution in [3.8, 4) is 5.75 Å². The first-order valence-electron chi connectivity index (χ1n) is 5.83. The lowest BCUT2D eigenvalue weighted by Gasteiger charge is -2.23. The quantitative estimate of drug-likeness (QED) is 0.826. The van der Waals surface area contributed by atoms with Gasteiger partial charge in [-0.05, 0) is 25.5 Å². The maximum Gasteiger partial charge on any atom is 0.232 e. The molecule has 1 aliphatic heterocycles. The van der Waals surface area contributed by atoms with E-state index >= 15 is 0 Å². The van der Waals surface area contributed by atoms with Crippen LogP contribution in [0.25, 0.3) is 0 Å². The highest BCUT2D eigenvalue weighted by molar-refractivity contribution is 6.01. The summed E-state index contributed by atoms with van der Waals surface area (Å²) in [5.41, 5.74) is 1.26. The van der Waals surface area contributed by atoms with E-state index in [1.54, 1.807) is 7.11 Å². The normalized spacial score (nSPS) is 23.1. The summed E-state index contributed by atoms with van der Waals surface area (Å²) < 4.78 is 5.26. The van der Waals surface area contributed by atoms with Crippen LogP contribution >= 0.6 is 0 Å². The second-order valence-corrected chi connectivity index (χ2v) is 4.60. The number of nitrogens with one attached hydrogen (secondary N) is 2. The van der Waals surface area contributed by atoms with Crippen LogP contribution in [0.3, 0.4) is 0 Å². The van der Waals surface area contributed by atoms with Gasteiger partial charge in [0.05, 0.1) is 18.2 Å². The molecule has 1 atom stereocenters. The molecule has 1 aromatic carbocycles. The van der Waals surface area contributed by atoms with E-state index in [1.807, 2.05) is 32.0 Å². The van der Waals surface area contributed by atoms with Crippen molar-refractivity contribution < 1.29 is 9.53 Å². The number of methoxy groups -OCH3 is 1. The minimum Gasteiger partial charge on any atom is -0.494 e. The lowest BCUT2D eigenvalue weighted by atomic mass is 9.86. The zero-order valence-electron chi connectivity index (χ0n) is 10.5. The van der Waals surface area contributed by atoms with E-state index in [2.05, 4.69) is 10.6 Å². The van der Waals surface area contributed by atoms with Crippen molar-refractivity contribution in [3.05, 3.63) is 18.2 Å². The number of carbonyl (C=O) groups is 1. The minimum atomic E-state index is -0.385. The van der Waals surface area contributed by atoms with Crippen LogP contribution in [0.2, 0.25) is 0 Å². The van der Waals surface area contributed by atoms with Crippen LogP contribution in [0.1, 0.15) is 20.3 Å². The van der Waals surface area contributed by atoms with Gasteiger partial charge in [0.15, 0.2) is 0 Å². The molecule has 0 radical (unpaired) electrons. The predicted molar refractivity (Wildman–Crippen MR) is 68.5 cm³/mol. The highest BCUT2D eigenvalue weighted by atomic mass is 16.5. The van der Waals surface area contributed by atoms with Crippen LogP contribution in [0.4, 0.5) is 11.4 Å². The van der Waals surface area contributed by atoms with Gasteiger partial charge in [-0.3, -0.25) is 4.79 Å². The molecule has 17 heavy (non-hydrogen) atoms. The van der Waals surface area contributed by atoms with Gasteiger partial charge >= 0.3 is 0 Å². The van der Waals surface area contributed by atoms with E-state index in [9.17, 15) is 4.79 Å². The van der Waals surface area contributed by atoms with Crippen molar-refractivity contribution in [1.82, 2.24) is 0 Å². The fourth-order valence-electron chi connectivity index (χ4n) is 1.90. The molecule has 2 rings (SSSR count). The largest absolute Gasteiger partial charge is 0.494 e. The molecule has 1 heterocycles. The molecule has 0 spiro atoms. The molecule has 4 nitrogen and oxygen atoms in total. The first-order valence-corrected chi connectivity index (χ1v) is 5.83. The van der Waals surface area contributed by atoms with Gasteiger partial charge < -0.3 is 15.4 Å². The molecule has 0 bridgehead atoms. The van der Waals surface area contributed by atoms with Gasteiger partial charge in [-0.2, -0.15) is 0 Å². The molecule has 4 heteroatoms. The molecule has 0 fully saturated rings. The number of hydrogen-bond donors (Lipinski definition) is 2. The number of fused-ring (bicyclic) bond motifs is 1. The summed E-state index contributed by atoms with van der Waals surface area (Å²) in [5.74, 6) is 0.722. The fraction of sp³-hybridized carbons (Fsp3) is 0.462. The number of ether oxygens (including phenoxy) is 1. The Bertz CT molecular complexity index is 445. The maximum atomic E-state index is 12.2. The molecule has 0 aliphatic carbocycles. The first-order chi connectivity index (χ1) is 8.10. The summed E-state index contributed by atoms with van der Waals surface area (Å²) in [4.78, 5) is 12.2. The SMILES string of the molecule is CCC1(C)CNc2cccc(OC)c2NC1=O. The topological polar surface area (TPSA) is 50.4 Å². The van der Waals surface area contributed by atoms with Gasteiger partial charge in [-0.25, -0.2) is 0 Å². The van der Waals surface area contributed by atoms with Gasteiger partial charge in [-0.15, -0.1) is 0 Å². The number of amides is 1. The second-order valence-electron chi connectivity index (χ2n) is 4.60. The van der Waals surface area contributed by atoms with Gasteiger partial charge in [0.25, 0.3) is 0 Å². The maximum absolute atomic E-state index is 12.2. The molecule has 2 N–H and O–H groups in total. The number of carbonyl (C=O) groups excluding carboxylic acids is 1. The fourth-order valence-corrected chi connectivity index (χ4v) is 1.90. The zero-order valence-corrected chi connectivity index (χ0v) is 10.5. The number of benzene rings is 1. The summed E-state index contributed by atoms with van der Waals surface area (Å²) in [6.45, 7) is 4.62. The van der Waals surface area contributed by atoms with E-state index in [0.29, 0.717) is 12.3 Å². The Morgan fingerprint density at radius 1 is 1.47 bits per heavy atom. The smallest absolute Gasteiger partial charge is 0.232 e. The van der Waals surface area contributed by atoms with Crippen molar-refractivity contribution in [2.24, 2.45) is 5.41 Å². The van der Waals surface area contributed by atoms with Gasteiger partial charge in [0.1, 0.15) is 11.4 Å². The predicted octanol–water partition coefficient (Wildman–Crippen LogP) is 2.48. The molecule has 1 amide bonds. The van der Waals surface area contributed by atoms with Crippen LogP contribution in [-0.2, 0) is 4.79 Å². The van der Waals surface area contributed by atoms with Crippen LogP contribution in [0.15, 0.2) is 18.2 Å². The van der Waals surface area contributed by atoms with Crippen molar-refractivity contribution in [1.29, 1.82) is 0 Å². The minimum absolute atomic E-state index is 0.0377. The van der Waals surface area contributed by atoms with E-state index in [-0.39, 0.29) is 11.3 Å². The highest BCUT2D eigenvalue weighted by Gasteiger charge is 2.34. The Hall–Kier alpha value is -1.71. The lowest BCUT2D eigenvalue weighted by molar-refractivity contribution is -0.124. The van der Waals surface area contributed by atoms with Crippen molar-refractivity contribution in [3.63, 3.8) is 0 Å². The standard InChI is InChI=1S/C13H18N2O2/c1-4-13(2)8-14-9-6-5-7-10(17-3)11(9)15-12(13)16/h5-7,14H,4,8H2,1-3H3,(H,15,16). The molecule has 0 saturated heterocycles. The molecular formula is C13H18N2O2. The van der Waals surface area contributed by atoms with Gasteiger partial charge in [0, 0.05) is 6.54 Å². The third-order valence-corrected chi connectivity index (χ3v) is 3.48. The van der Waals surface area contributed by atoms with Crippen molar-refractivity contribution in [2.75, 3.05) is 24.3 Å². The summed E-state index contributed by atoms with van der Waals surface area (Å²) >= 11 is 0. The summed E-state index contributed by atoms with van der Waals surface area (Å²) in [6.07, 6.45) is 0.794. The van der Waals surface area contributed by atoms with Crippen LogP contribution in [-0.4, -0.2) is 19.6 Å². The molecule has 1 aromatic rings. The Balaban J connectivity index is 2.42. The number of rotatable bonds is 2. The van der Waals surface area contributed by atoms with Gasteiger partial charge in [-0.1, -0.05) is 13.0 Å². The Kier molecular flexibility index (Phi) is 2.96. The Labute approximate surface area is 101 Å². The van der Waals surface area contributed by atoms with Crippen LogP contribution in [0, 0.1) is 5.41 Å². The van der Waals surface area contributed by atoms with Gasteiger partial charge in [0.2, 0.25) is 5.91 Å².